The van der Waals surface area contributed by atoms with Gasteiger partial charge in [0.05, 0.1) is 12.0 Å². The van der Waals surface area contributed by atoms with Gasteiger partial charge < -0.3 is 14.7 Å². The van der Waals surface area contributed by atoms with Crippen LogP contribution in [-0.4, -0.2) is 41.8 Å². The average molecular weight is 199 g/mol. The number of hydrogen-bond acceptors (Lipinski definition) is 3. The van der Waals surface area contributed by atoms with E-state index >= 15 is 0 Å². The third-order valence-corrected chi connectivity index (χ3v) is 3.10. The Hall–Kier alpha value is -1.26. The Morgan fingerprint density at radius 1 is 1.57 bits per heavy atom. The summed E-state index contributed by atoms with van der Waals surface area (Å²) >= 11 is 0. The number of carbonyl (C=O) groups excluding carboxylic acids is 1. The molecule has 78 valence electrons. The molecule has 0 bridgehead atoms. The van der Waals surface area contributed by atoms with E-state index in [1.54, 1.807) is 0 Å². The summed E-state index contributed by atoms with van der Waals surface area (Å²) < 4.78 is 4.75. The Bertz CT molecular complexity index is 272. The van der Waals surface area contributed by atoms with Gasteiger partial charge in [0.2, 0.25) is 0 Å². The Morgan fingerprint density at radius 3 is 2.64 bits per heavy atom. The van der Waals surface area contributed by atoms with E-state index in [-0.39, 0.29) is 6.09 Å². The molecule has 0 aromatic carbocycles. The first kappa shape index (κ1) is 9.30. The molecule has 0 radical (unpaired) electrons. The van der Waals surface area contributed by atoms with Crippen LogP contribution >= 0.6 is 0 Å². The SMILES string of the molecule is O=C1OCCN1CC1(C(=O)O)CCC1. The number of nitrogens with zero attached hydrogens (tertiary/aromatic N) is 1. The van der Waals surface area contributed by atoms with Crippen LogP contribution in [0.15, 0.2) is 0 Å². The smallest absolute Gasteiger partial charge is 0.409 e. The van der Waals surface area contributed by atoms with Crippen molar-refractivity contribution in [2.24, 2.45) is 5.41 Å². The molecule has 1 heterocycles. The van der Waals surface area contributed by atoms with Gasteiger partial charge in [-0.1, -0.05) is 6.42 Å². The number of aliphatic carboxylic acids is 1. The molecule has 1 saturated carbocycles. The Labute approximate surface area is 81.6 Å². The van der Waals surface area contributed by atoms with E-state index in [0.29, 0.717) is 32.5 Å². The standard InChI is InChI=1S/C9H13NO4/c11-7(12)9(2-1-3-9)6-10-4-5-14-8(10)13/h1-6H2,(H,11,12). The molecule has 0 atom stereocenters. The lowest BCUT2D eigenvalue weighted by atomic mass is 9.68. The van der Waals surface area contributed by atoms with Crippen LogP contribution in [0.3, 0.4) is 0 Å². The summed E-state index contributed by atoms with van der Waals surface area (Å²) in [5.74, 6) is -0.788. The summed E-state index contributed by atoms with van der Waals surface area (Å²) in [7, 11) is 0. The molecule has 0 aromatic rings. The van der Waals surface area contributed by atoms with Gasteiger partial charge in [0, 0.05) is 6.54 Å². The lowest BCUT2D eigenvalue weighted by molar-refractivity contribution is -0.155. The molecular weight excluding hydrogens is 186 g/mol. The summed E-state index contributed by atoms with van der Waals surface area (Å²) in [6.07, 6.45) is 1.91. The van der Waals surface area contributed by atoms with Crippen molar-refractivity contribution >= 4 is 12.1 Å². The Balaban J connectivity index is 2.01. The van der Waals surface area contributed by atoms with E-state index in [4.69, 9.17) is 9.84 Å². The molecule has 2 aliphatic rings. The minimum absolute atomic E-state index is 0.307. The van der Waals surface area contributed by atoms with Gasteiger partial charge in [0.25, 0.3) is 0 Å². The maximum atomic E-state index is 11.1. The Kier molecular flexibility index (Phi) is 2.09. The molecule has 0 unspecified atom stereocenters. The lowest BCUT2D eigenvalue weighted by Crippen LogP contribution is -2.48. The maximum absolute atomic E-state index is 11.1. The van der Waals surface area contributed by atoms with Crippen LogP contribution in [0.2, 0.25) is 0 Å². The highest BCUT2D eigenvalue weighted by atomic mass is 16.6. The second-order valence-corrected chi connectivity index (χ2v) is 3.97. The monoisotopic (exact) mass is 199 g/mol. The van der Waals surface area contributed by atoms with Crippen molar-refractivity contribution in [3.63, 3.8) is 0 Å². The summed E-state index contributed by atoms with van der Waals surface area (Å²) in [6, 6.07) is 0. The van der Waals surface area contributed by atoms with Crippen molar-refractivity contribution in [1.82, 2.24) is 4.90 Å². The molecule has 0 aromatic heterocycles. The molecule has 1 saturated heterocycles. The zero-order valence-corrected chi connectivity index (χ0v) is 7.86. The maximum Gasteiger partial charge on any atom is 0.409 e. The first-order valence-electron chi connectivity index (χ1n) is 4.79. The third-order valence-electron chi connectivity index (χ3n) is 3.10. The number of carbonyl (C=O) groups is 2. The summed E-state index contributed by atoms with van der Waals surface area (Å²) in [5.41, 5.74) is -0.691. The molecule has 2 rings (SSSR count). The highest BCUT2D eigenvalue weighted by Gasteiger charge is 2.47. The molecule has 1 aliphatic heterocycles. The van der Waals surface area contributed by atoms with Gasteiger partial charge in [-0.15, -0.1) is 0 Å². The van der Waals surface area contributed by atoms with Gasteiger partial charge in [-0.05, 0) is 12.8 Å². The third kappa shape index (κ3) is 1.32. The minimum atomic E-state index is -0.788. The van der Waals surface area contributed by atoms with Gasteiger partial charge in [-0.3, -0.25) is 4.79 Å². The van der Waals surface area contributed by atoms with Crippen molar-refractivity contribution < 1.29 is 19.4 Å². The van der Waals surface area contributed by atoms with Crippen LogP contribution in [0, 0.1) is 5.41 Å². The lowest BCUT2D eigenvalue weighted by Gasteiger charge is -2.39. The average Bonchev–Trinajstić information content (AvgIpc) is 2.43. The molecule has 14 heavy (non-hydrogen) atoms. The largest absolute Gasteiger partial charge is 0.481 e. The van der Waals surface area contributed by atoms with E-state index in [1.807, 2.05) is 0 Å². The summed E-state index contributed by atoms with van der Waals surface area (Å²) in [4.78, 5) is 23.6. The predicted octanol–water partition coefficient (Wildman–Crippen LogP) is 0.693. The molecular formula is C9H13NO4. The molecule has 1 amide bonds. The zero-order chi connectivity index (χ0) is 10.2. The fourth-order valence-electron chi connectivity index (χ4n) is 1.98. The fourth-order valence-corrected chi connectivity index (χ4v) is 1.98. The van der Waals surface area contributed by atoms with Crippen LogP contribution in [0.25, 0.3) is 0 Å². The number of carboxylic acid groups (broad SMARTS) is 1. The van der Waals surface area contributed by atoms with E-state index in [9.17, 15) is 9.59 Å². The molecule has 5 heteroatoms. The van der Waals surface area contributed by atoms with Crippen molar-refractivity contribution in [3.8, 4) is 0 Å². The fraction of sp³-hybridized carbons (Fsp3) is 0.778. The van der Waals surface area contributed by atoms with Crippen molar-refractivity contribution in [3.05, 3.63) is 0 Å². The van der Waals surface area contributed by atoms with Gasteiger partial charge in [0.1, 0.15) is 6.61 Å². The quantitative estimate of drug-likeness (QED) is 0.726. The number of rotatable bonds is 3. The molecule has 1 N–H and O–H groups in total. The van der Waals surface area contributed by atoms with Gasteiger partial charge in [-0.2, -0.15) is 0 Å². The number of ether oxygens (including phenoxy) is 1. The van der Waals surface area contributed by atoms with E-state index in [0.717, 1.165) is 6.42 Å². The minimum Gasteiger partial charge on any atom is -0.481 e. The van der Waals surface area contributed by atoms with Crippen LogP contribution in [0.1, 0.15) is 19.3 Å². The van der Waals surface area contributed by atoms with Gasteiger partial charge in [-0.25, -0.2) is 4.79 Å². The second kappa shape index (κ2) is 3.15. The summed E-state index contributed by atoms with van der Waals surface area (Å²) in [5, 5.41) is 9.05. The number of hydrogen-bond donors (Lipinski definition) is 1. The number of carboxylic acids is 1. The number of amides is 1. The van der Waals surface area contributed by atoms with Crippen molar-refractivity contribution in [1.29, 1.82) is 0 Å². The number of cyclic esters (lactones) is 1. The van der Waals surface area contributed by atoms with Crippen LogP contribution < -0.4 is 0 Å². The van der Waals surface area contributed by atoms with Crippen LogP contribution in [-0.2, 0) is 9.53 Å². The zero-order valence-electron chi connectivity index (χ0n) is 7.86. The van der Waals surface area contributed by atoms with E-state index < -0.39 is 11.4 Å². The molecule has 2 fully saturated rings. The molecule has 0 spiro atoms. The predicted molar refractivity (Wildman–Crippen MR) is 46.8 cm³/mol. The highest BCUT2D eigenvalue weighted by Crippen LogP contribution is 2.42. The second-order valence-electron chi connectivity index (χ2n) is 3.97. The first-order chi connectivity index (χ1) is 6.64. The highest BCUT2D eigenvalue weighted by molar-refractivity contribution is 5.77. The first-order valence-corrected chi connectivity index (χ1v) is 4.79. The van der Waals surface area contributed by atoms with Gasteiger partial charge >= 0.3 is 12.1 Å². The normalized spacial score (nSPS) is 24.3. The van der Waals surface area contributed by atoms with Gasteiger partial charge in [0.15, 0.2) is 0 Å². The van der Waals surface area contributed by atoms with Crippen molar-refractivity contribution in [2.45, 2.75) is 19.3 Å². The Morgan fingerprint density at radius 2 is 2.29 bits per heavy atom. The van der Waals surface area contributed by atoms with Crippen LogP contribution in [0.4, 0.5) is 4.79 Å². The molecule has 1 aliphatic carbocycles. The molecule has 5 nitrogen and oxygen atoms in total. The summed E-state index contributed by atoms with van der Waals surface area (Å²) in [6.45, 7) is 1.21. The van der Waals surface area contributed by atoms with E-state index in [1.165, 1.54) is 4.90 Å². The topological polar surface area (TPSA) is 66.8 Å². The van der Waals surface area contributed by atoms with E-state index in [2.05, 4.69) is 0 Å². The van der Waals surface area contributed by atoms with Crippen LogP contribution in [0.5, 0.6) is 0 Å². The van der Waals surface area contributed by atoms with Crippen molar-refractivity contribution in [2.75, 3.05) is 19.7 Å².